The molecule has 0 saturated heterocycles. The molecule has 0 fully saturated rings. The van der Waals surface area contributed by atoms with E-state index in [9.17, 15) is 4.79 Å². The summed E-state index contributed by atoms with van der Waals surface area (Å²) in [5.41, 5.74) is 3.33. The first kappa shape index (κ1) is 22.3. The molecule has 0 aliphatic rings. The number of hydrogen-bond donors (Lipinski definition) is 3. The summed E-state index contributed by atoms with van der Waals surface area (Å²) < 4.78 is 0. The van der Waals surface area contributed by atoms with Crippen LogP contribution < -0.4 is 16.0 Å². The lowest BCUT2D eigenvalue weighted by Crippen LogP contribution is -2.40. The molecule has 0 spiro atoms. The van der Waals surface area contributed by atoms with Gasteiger partial charge >= 0.3 is 6.03 Å². The number of carbonyl (C=O) groups is 1. The molecule has 2 amide bonds. The van der Waals surface area contributed by atoms with Crippen LogP contribution in [0.15, 0.2) is 72.8 Å². The van der Waals surface area contributed by atoms with Crippen molar-refractivity contribution in [3.05, 3.63) is 83.9 Å². The smallest absolute Gasteiger partial charge is 0.319 e. The van der Waals surface area contributed by atoms with Gasteiger partial charge in [0.15, 0.2) is 5.82 Å². The van der Waals surface area contributed by atoms with E-state index in [0.717, 1.165) is 22.0 Å². The van der Waals surface area contributed by atoms with Gasteiger partial charge < -0.3 is 16.0 Å². The molecule has 1 aromatic heterocycles. The van der Waals surface area contributed by atoms with Crippen LogP contribution in [0.2, 0.25) is 0 Å². The highest BCUT2D eigenvalue weighted by Crippen LogP contribution is 2.29. The van der Waals surface area contributed by atoms with Crippen LogP contribution in [0.5, 0.6) is 0 Å². The van der Waals surface area contributed by atoms with Crippen molar-refractivity contribution in [1.29, 1.82) is 10.5 Å². The maximum absolute atomic E-state index is 12.3. The lowest BCUT2D eigenvalue weighted by atomic mass is 10.0. The van der Waals surface area contributed by atoms with Gasteiger partial charge in [-0.25, -0.2) is 4.79 Å². The highest BCUT2D eigenvalue weighted by molar-refractivity contribution is 6.00. The van der Waals surface area contributed by atoms with E-state index in [-0.39, 0.29) is 12.1 Å². The lowest BCUT2D eigenvalue weighted by molar-refractivity contribution is 0.249. The summed E-state index contributed by atoms with van der Waals surface area (Å²) in [6.07, 6.45) is 0. The number of aromatic nitrogens is 2. The van der Waals surface area contributed by atoms with E-state index >= 15 is 0 Å². The number of benzene rings is 3. The van der Waals surface area contributed by atoms with Gasteiger partial charge in [0.05, 0.1) is 23.3 Å². The zero-order chi connectivity index (χ0) is 23.9. The van der Waals surface area contributed by atoms with Crippen molar-refractivity contribution in [2.45, 2.75) is 13.0 Å². The SMILES string of the molecule is C[C@@H](CNc1nnc(-c2ccc(C#N)cc2)c2ccccc12)NC(=O)Nc1ccc(C#N)cc1. The number of rotatable bonds is 6. The van der Waals surface area contributed by atoms with Crippen LogP contribution in [0.4, 0.5) is 16.3 Å². The molecule has 8 nitrogen and oxygen atoms in total. The van der Waals surface area contributed by atoms with E-state index in [1.807, 2.05) is 49.4 Å². The molecule has 1 heterocycles. The van der Waals surface area contributed by atoms with Gasteiger partial charge in [-0.1, -0.05) is 36.4 Å². The van der Waals surface area contributed by atoms with Gasteiger partial charge in [0.25, 0.3) is 0 Å². The number of amides is 2. The molecule has 0 radical (unpaired) electrons. The van der Waals surface area contributed by atoms with Crippen molar-refractivity contribution < 1.29 is 4.79 Å². The quantitative estimate of drug-likeness (QED) is 0.394. The summed E-state index contributed by atoms with van der Waals surface area (Å²) in [6.45, 7) is 2.32. The Morgan fingerprint density at radius 1 is 0.882 bits per heavy atom. The Morgan fingerprint density at radius 2 is 1.50 bits per heavy atom. The van der Waals surface area contributed by atoms with Crippen molar-refractivity contribution in [2.75, 3.05) is 17.2 Å². The second-order valence-electron chi connectivity index (χ2n) is 7.70. The number of hydrogen-bond acceptors (Lipinski definition) is 6. The van der Waals surface area contributed by atoms with Gasteiger partial charge in [-0.05, 0) is 43.3 Å². The number of anilines is 2. The van der Waals surface area contributed by atoms with Crippen molar-refractivity contribution in [3.63, 3.8) is 0 Å². The van der Waals surface area contributed by atoms with Crippen LogP contribution >= 0.6 is 0 Å². The van der Waals surface area contributed by atoms with E-state index in [4.69, 9.17) is 10.5 Å². The van der Waals surface area contributed by atoms with Gasteiger partial charge in [-0.3, -0.25) is 0 Å². The minimum absolute atomic E-state index is 0.197. The maximum atomic E-state index is 12.3. The Balaban J connectivity index is 1.43. The third-order valence-electron chi connectivity index (χ3n) is 5.20. The third kappa shape index (κ3) is 5.09. The highest BCUT2D eigenvalue weighted by Gasteiger charge is 2.13. The normalized spacial score (nSPS) is 11.1. The second kappa shape index (κ2) is 10.1. The number of urea groups is 1. The van der Waals surface area contributed by atoms with Crippen LogP contribution in [-0.2, 0) is 0 Å². The van der Waals surface area contributed by atoms with E-state index in [0.29, 0.717) is 29.2 Å². The van der Waals surface area contributed by atoms with Gasteiger partial charge in [0.1, 0.15) is 5.69 Å². The minimum Gasteiger partial charge on any atom is -0.366 e. The third-order valence-corrected chi connectivity index (χ3v) is 5.20. The number of nitrogens with one attached hydrogen (secondary N) is 3. The first-order chi connectivity index (χ1) is 16.6. The molecule has 3 N–H and O–H groups in total. The Hall–Kier alpha value is -4.95. The number of nitriles is 2. The van der Waals surface area contributed by atoms with E-state index in [1.165, 1.54) is 0 Å². The van der Waals surface area contributed by atoms with Crippen LogP contribution in [0.3, 0.4) is 0 Å². The molecule has 0 aliphatic heterocycles. The molecule has 8 heteroatoms. The zero-order valence-electron chi connectivity index (χ0n) is 18.4. The molecular weight excluding hydrogens is 426 g/mol. The predicted molar refractivity (Wildman–Crippen MR) is 131 cm³/mol. The number of nitrogens with zero attached hydrogens (tertiary/aromatic N) is 4. The summed E-state index contributed by atoms with van der Waals surface area (Å²) in [7, 11) is 0. The van der Waals surface area contributed by atoms with Crippen molar-refractivity contribution in [1.82, 2.24) is 15.5 Å². The molecule has 34 heavy (non-hydrogen) atoms. The van der Waals surface area contributed by atoms with E-state index in [2.05, 4.69) is 32.2 Å². The predicted octanol–water partition coefficient (Wildman–Crippen LogP) is 4.66. The molecule has 0 bridgehead atoms. The summed E-state index contributed by atoms with van der Waals surface area (Å²) >= 11 is 0. The van der Waals surface area contributed by atoms with E-state index < -0.39 is 0 Å². The van der Waals surface area contributed by atoms with Gasteiger partial charge in [-0.2, -0.15) is 10.5 Å². The fourth-order valence-electron chi connectivity index (χ4n) is 3.47. The Bertz CT molecular complexity index is 1400. The standard InChI is InChI=1S/C26H21N7O/c1-17(30-26(34)31-21-12-8-19(15-28)9-13-21)16-29-25-23-5-3-2-4-22(23)24(32-33-25)20-10-6-18(14-27)7-11-20/h2-13,17H,16H2,1H3,(H,29,33)(H2,30,31,34)/t17-/m0/s1. The first-order valence-electron chi connectivity index (χ1n) is 10.6. The average molecular weight is 448 g/mol. The average Bonchev–Trinajstić information content (AvgIpc) is 2.87. The van der Waals surface area contributed by atoms with E-state index in [1.54, 1.807) is 36.4 Å². The summed E-state index contributed by atoms with van der Waals surface area (Å²) in [4.78, 5) is 12.3. The second-order valence-corrected chi connectivity index (χ2v) is 7.70. The number of carbonyl (C=O) groups excluding carboxylic acids is 1. The highest BCUT2D eigenvalue weighted by atomic mass is 16.2. The van der Waals surface area contributed by atoms with Crippen molar-refractivity contribution in [3.8, 4) is 23.4 Å². The zero-order valence-corrected chi connectivity index (χ0v) is 18.4. The van der Waals surface area contributed by atoms with Gasteiger partial charge in [0.2, 0.25) is 0 Å². The van der Waals surface area contributed by atoms with Crippen LogP contribution in [0.25, 0.3) is 22.0 Å². The van der Waals surface area contributed by atoms with Crippen LogP contribution in [0.1, 0.15) is 18.1 Å². The monoisotopic (exact) mass is 447 g/mol. The Labute approximate surface area is 196 Å². The molecule has 0 unspecified atom stereocenters. The molecule has 166 valence electrons. The fraction of sp³-hybridized carbons (Fsp3) is 0.115. The molecule has 1 atom stereocenters. The molecule has 0 aliphatic carbocycles. The number of fused-ring (bicyclic) bond motifs is 1. The molecular formula is C26H21N7O. The molecule has 3 aromatic carbocycles. The van der Waals surface area contributed by atoms with Gasteiger partial charge in [0, 0.05) is 34.6 Å². The molecule has 0 saturated carbocycles. The van der Waals surface area contributed by atoms with Crippen molar-refractivity contribution >= 4 is 28.3 Å². The minimum atomic E-state index is -0.342. The molecule has 4 aromatic rings. The largest absolute Gasteiger partial charge is 0.366 e. The van der Waals surface area contributed by atoms with Crippen molar-refractivity contribution in [2.24, 2.45) is 0 Å². The lowest BCUT2D eigenvalue weighted by Gasteiger charge is -2.17. The summed E-state index contributed by atoms with van der Waals surface area (Å²) in [5.74, 6) is 0.620. The Morgan fingerprint density at radius 3 is 2.15 bits per heavy atom. The first-order valence-corrected chi connectivity index (χ1v) is 10.6. The summed E-state index contributed by atoms with van der Waals surface area (Å²) in [5, 5.41) is 37.4. The Kier molecular flexibility index (Phi) is 6.62. The van der Waals surface area contributed by atoms with Crippen LogP contribution in [-0.4, -0.2) is 28.8 Å². The van der Waals surface area contributed by atoms with Crippen LogP contribution in [0, 0.1) is 22.7 Å². The molecule has 4 rings (SSSR count). The summed E-state index contributed by atoms with van der Waals surface area (Å²) in [6, 6.07) is 25.3. The topological polar surface area (TPSA) is 127 Å². The fourth-order valence-corrected chi connectivity index (χ4v) is 3.47. The van der Waals surface area contributed by atoms with Gasteiger partial charge in [-0.15, -0.1) is 10.2 Å². The maximum Gasteiger partial charge on any atom is 0.319 e.